The maximum atomic E-state index is 12.1. The molecule has 0 heterocycles. The van der Waals surface area contributed by atoms with E-state index in [-0.39, 0.29) is 5.91 Å². The van der Waals surface area contributed by atoms with E-state index in [0.29, 0.717) is 16.7 Å². The topological polar surface area (TPSA) is 50.7 Å². The van der Waals surface area contributed by atoms with Crippen LogP contribution in [0.1, 0.15) is 45.1 Å². The quantitative estimate of drug-likeness (QED) is 0.848. The number of aryl methyl sites for hydroxylation is 1. The Labute approximate surface area is 136 Å². The number of ether oxygens (including phenoxy) is 1. The van der Waals surface area contributed by atoms with Crippen LogP contribution < -0.4 is 10.2 Å². The smallest absolute Gasteiger partial charge is 0.280 e. The molecule has 0 aromatic heterocycles. The Hall–Kier alpha value is -1.55. The molecule has 1 amide bonds. The van der Waals surface area contributed by atoms with E-state index in [1.54, 1.807) is 19.1 Å². The Bertz CT molecular complexity index is 572. The van der Waals surface area contributed by atoms with Crippen molar-refractivity contribution >= 4 is 23.2 Å². The van der Waals surface area contributed by atoms with Gasteiger partial charge in [0, 0.05) is 10.7 Å². The Kier molecular flexibility index (Phi) is 5.83. The third-order valence-corrected chi connectivity index (χ3v) is 4.24. The first-order valence-corrected chi connectivity index (χ1v) is 8.14. The molecule has 0 bridgehead atoms. The van der Waals surface area contributed by atoms with Crippen LogP contribution in [0.3, 0.4) is 0 Å². The van der Waals surface area contributed by atoms with Gasteiger partial charge in [0.1, 0.15) is 5.75 Å². The van der Waals surface area contributed by atoms with E-state index in [2.05, 4.69) is 17.5 Å². The van der Waals surface area contributed by atoms with Crippen molar-refractivity contribution in [2.75, 3.05) is 0 Å². The number of rotatable bonds is 4. The summed E-state index contributed by atoms with van der Waals surface area (Å²) in [5.74, 6) is 0.870. The molecule has 1 fully saturated rings. The van der Waals surface area contributed by atoms with E-state index in [1.807, 2.05) is 13.0 Å². The number of hydrazone groups is 1. The van der Waals surface area contributed by atoms with Crippen LogP contribution in [0.5, 0.6) is 5.75 Å². The highest BCUT2D eigenvalue weighted by Crippen LogP contribution is 2.23. The lowest BCUT2D eigenvalue weighted by molar-refractivity contribution is -0.127. The number of amides is 1. The summed E-state index contributed by atoms with van der Waals surface area (Å²) in [6.45, 7) is 5.77. The van der Waals surface area contributed by atoms with Gasteiger partial charge in [-0.1, -0.05) is 24.9 Å². The molecule has 5 heteroatoms. The SMILES string of the molecule is Cc1cc(Cl)ccc1OC(C)C(=O)NN=C1CCCCC1C. The number of hydrogen-bond donors (Lipinski definition) is 1. The number of halogens is 1. The third-order valence-electron chi connectivity index (χ3n) is 4.01. The van der Waals surface area contributed by atoms with E-state index in [1.165, 1.54) is 6.42 Å². The molecule has 0 saturated heterocycles. The molecule has 1 aromatic carbocycles. The summed E-state index contributed by atoms with van der Waals surface area (Å²) in [5, 5.41) is 4.93. The lowest BCUT2D eigenvalue weighted by Gasteiger charge is -2.20. The van der Waals surface area contributed by atoms with Gasteiger partial charge in [0.15, 0.2) is 6.10 Å². The Morgan fingerprint density at radius 3 is 2.91 bits per heavy atom. The summed E-state index contributed by atoms with van der Waals surface area (Å²) in [6.07, 6.45) is 3.89. The highest BCUT2D eigenvalue weighted by atomic mass is 35.5. The fourth-order valence-electron chi connectivity index (χ4n) is 2.54. The van der Waals surface area contributed by atoms with Crippen molar-refractivity contribution in [3.8, 4) is 5.75 Å². The Morgan fingerprint density at radius 1 is 1.45 bits per heavy atom. The summed E-state index contributed by atoms with van der Waals surface area (Å²) < 4.78 is 5.69. The van der Waals surface area contributed by atoms with Crippen molar-refractivity contribution in [2.45, 2.75) is 52.6 Å². The molecule has 2 unspecified atom stereocenters. The zero-order valence-electron chi connectivity index (χ0n) is 13.4. The molecule has 1 aliphatic rings. The molecule has 1 aromatic rings. The van der Waals surface area contributed by atoms with E-state index in [9.17, 15) is 4.79 Å². The van der Waals surface area contributed by atoms with Gasteiger partial charge in [-0.15, -0.1) is 0 Å². The van der Waals surface area contributed by atoms with Gasteiger partial charge in [-0.05, 0) is 62.8 Å². The number of carbonyl (C=O) groups is 1. The molecule has 2 atom stereocenters. The fourth-order valence-corrected chi connectivity index (χ4v) is 2.77. The first-order valence-electron chi connectivity index (χ1n) is 7.76. The average molecular weight is 323 g/mol. The molecular formula is C17H23ClN2O2. The normalized spacial score (nSPS) is 21.5. The first-order chi connectivity index (χ1) is 10.5. The highest BCUT2D eigenvalue weighted by molar-refractivity contribution is 6.30. The van der Waals surface area contributed by atoms with Crippen LogP contribution >= 0.6 is 11.6 Å². The van der Waals surface area contributed by atoms with E-state index in [0.717, 1.165) is 30.5 Å². The second-order valence-corrected chi connectivity index (χ2v) is 6.33. The number of benzene rings is 1. The number of carbonyl (C=O) groups excluding carboxylic acids is 1. The van der Waals surface area contributed by atoms with Crippen molar-refractivity contribution < 1.29 is 9.53 Å². The van der Waals surface area contributed by atoms with Gasteiger partial charge in [-0.2, -0.15) is 5.10 Å². The molecule has 1 saturated carbocycles. The first kappa shape index (κ1) is 16.8. The molecule has 1 N–H and O–H groups in total. The van der Waals surface area contributed by atoms with Crippen LogP contribution in [0.25, 0.3) is 0 Å². The molecule has 120 valence electrons. The Morgan fingerprint density at radius 2 is 2.23 bits per heavy atom. The number of nitrogens with zero attached hydrogens (tertiary/aromatic N) is 1. The predicted octanol–water partition coefficient (Wildman–Crippen LogP) is 4.10. The van der Waals surface area contributed by atoms with Crippen LogP contribution in [0.2, 0.25) is 5.02 Å². The van der Waals surface area contributed by atoms with Gasteiger partial charge < -0.3 is 4.74 Å². The summed E-state index contributed by atoms with van der Waals surface area (Å²) in [7, 11) is 0. The molecule has 0 spiro atoms. The van der Waals surface area contributed by atoms with Crippen molar-refractivity contribution in [1.29, 1.82) is 0 Å². The van der Waals surface area contributed by atoms with Gasteiger partial charge in [0.05, 0.1) is 0 Å². The minimum absolute atomic E-state index is 0.236. The standard InChI is InChI=1S/C17H23ClN2O2/c1-11-6-4-5-7-15(11)19-20-17(21)13(3)22-16-9-8-14(18)10-12(16)2/h8-11,13H,4-7H2,1-3H3,(H,20,21). The fraction of sp³-hybridized carbons (Fsp3) is 0.529. The molecular weight excluding hydrogens is 300 g/mol. The van der Waals surface area contributed by atoms with Gasteiger partial charge in [-0.3, -0.25) is 4.79 Å². The van der Waals surface area contributed by atoms with Crippen LogP contribution in [0.15, 0.2) is 23.3 Å². The monoisotopic (exact) mass is 322 g/mol. The maximum absolute atomic E-state index is 12.1. The maximum Gasteiger partial charge on any atom is 0.280 e. The minimum atomic E-state index is -0.608. The van der Waals surface area contributed by atoms with Crippen molar-refractivity contribution in [3.63, 3.8) is 0 Å². The average Bonchev–Trinajstić information content (AvgIpc) is 2.49. The number of nitrogens with one attached hydrogen (secondary N) is 1. The summed E-state index contributed by atoms with van der Waals surface area (Å²) in [5.41, 5.74) is 4.61. The van der Waals surface area contributed by atoms with Gasteiger partial charge in [0.2, 0.25) is 0 Å². The van der Waals surface area contributed by atoms with Crippen molar-refractivity contribution in [1.82, 2.24) is 5.43 Å². The zero-order chi connectivity index (χ0) is 16.1. The molecule has 1 aliphatic carbocycles. The Balaban J connectivity index is 1.93. The molecule has 4 nitrogen and oxygen atoms in total. The lowest BCUT2D eigenvalue weighted by Crippen LogP contribution is -2.35. The molecule has 0 aliphatic heterocycles. The highest BCUT2D eigenvalue weighted by Gasteiger charge is 2.18. The third kappa shape index (κ3) is 4.47. The zero-order valence-corrected chi connectivity index (χ0v) is 14.1. The molecule has 22 heavy (non-hydrogen) atoms. The van der Waals surface area contributed by atoms with Crippen LogP contribution in [-0.4, -0.2) is 17.7 Å². The molecule has 0 radical (unpaired) electrons. The van der Waals surface area contributed by atoms with Crippen LogP contribution in [0.4, 0.5) is 0 Å². The van der Waals surface area contributed by atoms with E-state index < -0.39 is 6.10 Å². The van der Waals surface area contributed by atoms with Gasteiger partial charge in [-0.25, -0.2) is 5.43 Å². The van der Waals surface area contributed by atoms with Gasteiger partial charge >= 0.3 is 0 Å². The largest absolute Gasteiger partial charge is 0.481 e. The number of hydrogen-bond acceptors (Lipinski definition) is 3. The summed E-state index contributed by atoms with van der Waals surface area (Å²) >= 11 is 5.91. The lowest BCUT2D eigenvalue weighted by atomic mass is 9.89. The predicted molar refractivity (Wildman–Crippen MR) is 89.5 cm³/mol. The van der Waals surface area contributed by atoms with Gasteiger partial charge in [0.25, 0.3) is 5.91 Å². The second-order valence-electron chi connectivity index (χ2n) is 5.90. The minimum Gasteiger partial charge on any atom is -0.481 e. The van der Waals surface area contributed by atoms with Crippen LogP contribution in [-0.2, 0) is 4.79 Å². The van der Waals surface area contributed by atoms with E-state index >= 15 is 0 Å². The summed E-state index contributed by atoms with van der Waals surface area (Å²) in [6, 6.07) is 5.33. The van der Waals surface area contributed by atoms with E-state index in [4.69, 9.17) is 16.3 Å². The van der Waals surface area contributed by atoms with Crippen molar-refractivity contribution in [2.24, 2.45) is 11.0 Å². The second kappa shape index (κ2) is 7.63. The van der Waals surface area contributed by atoms with Crippen molar-refractivity contribution in [3.05, 3.63) is 28.8 Å². The summed E-state index contributed by atoms with van der Waals surface area (Å²) in [4.78, 5) is 12.1. The molecule has 2 rings (SSSR count). The van der Waals surface area contributed by atoms with Crippen LogP contribution in [0, 0.1) is 12.8 Å².